The summed E-state index contributed by atoms with van der Waals surface area (Å²) in [4.78, 5) is 13.1. The number of nitrogens with zero attached hydrogens (tertiary/aromatic N) is 3. The highest BCUT2D eigenvalue weighted by Gasteiger charge is 2.38. The first-order valence-corrected chi connectivity index (χ1v) is 9.41. The van der Waals surface area contributed by atoms with Gasteiger partial charge in [0.05, 0.1) is 10.5 Å². The molecule has 0 aliphatic carbocycles. The van der Waals surface area contributed by atoms with Gasteiger partial charge in [-0.3, -0.25) is 9.69 Å². The smallest absolute Gasteiger partial charge is 0.284 e. The number of halogens is 3. The highest BCUT2D eigenvalue weighted by molar-refractivity contribution is 7.90. The largest absolute Gasteiger partial charge is 0.417 e. The Morgan fingerprint density at radius 1 is 1.30 bits per heavy atom. The normalized spacial score (nSPS) is 12.1. The van der Waals surface area contributed by atoms with Gasteiger partial charge in [0.25, 0.3) is 5.91 Å². The van der Waals surface area contributed by atoms with Gasteiger partial charge < -0.3 is 0 Å². The minimum Gasteiger partial charge on any atom is -0.284 e. The van der Waals surface area contributed by atoms with E-state index in [2.05, 4.69) is 21.5 Å². The summed E-state index contributed by atoms with van der Waals surface area (Å²) in [7, 11) is -4.26. The van der Waals surface area contributed by atoms with Gasteiger partial charge in [0.2, 0.25) is 5.82 Å². The van der Waals surface area contributed by atoms with Crippen LogP contribution in [0.3, 0.4) is 0 Å². The Morgan fingerprint density at radius 3 is 2.37 bits per heavy atom. The third-order valence-corrected chi connectivity index (χ3v) is 5.02. The van der Waals surface area contributed by atoms with Crippen molar-refractivity contribution in [3.8, 4) is 0 Å². The van der Waals surface area contributed by atoms with Crippen molar-refractivity contribution >= 4 is 21.6 Å². The van der Waals surface area contributed by atoms with Gasteiger partial charge in [-0.1, -0.05) is 11.2 Å². The van der Waals surface area contributed by atoms with E-state index in [1.165, 1.54) is 13.0 Å². The van der Waals surface area contributed by atoms with Gasteiger partial charge in [-0.2, -0.15) is 13.2 Å². The topological polar surface area (TPSA) is 93.4 Å². The molecule has 2 aromatic rings. The number of aromatic nitrogens is 2. The lowest BCUT2D eigenvalue weighted by molar-refractivity contribution is -0.139. The molecule has 2 rings (SSSR count). The number of alkyl halides is 3. The molecule has 0 bridgehead atoms. The van der Waals surface area contributed by atoms with Crippen LogP contribution in [-0.4, -0.2) is 37.4 Å². The fraction of sp³-hybridized carbons (Fsp3) is 0.312. The standard InChI is InChI=1S/C16H16F3N3O4S/c1-5-8-22(14-10(3)20-26-21-14)15(23)11-6-7-12(16(17,18)19)13(9(11)2)27(4,24)25/h5-7H,1,8H2,2-4H3. The van der Waals surface area contributed by atoms with Crippen LogP contribution < -0.4 is 4.90 Å². The predicted octanol–water partition coefficient (Wildman–Crippen LogP) is 2.94. The van der Waals surface area contributed by atoms with E-state index in [1.807, 2.05) is 0 Å². The third kappa shape index (κ3) is 4.02. The number of benzene rings is 1. The SMILES string of the molecule is C=CCN(C(=O)c1ccc(C(F)(F)F)c(S(C)(=O)=O)c1C)c1nonc1C. The molecule has 0 atom stereocenters. The maximum absolute atomic E-state index is 13.2. The molecule has 1 heterocycles. The molecule has 0 unspecified atom stereocenters. The van der Waals surface area contributed by atoms with E-state index in [1.54, 1.807) is 0 Å². The number of carbonyl (C=O) groups is 1. The number of carbonyl (C=O) groups excluding carboxylic acids is 1. The molecule has 1 aromatic carbocycles. The number of amides is 1. The van der Waals surface area contributed by atoms with Gasteiger partial charge in [0, 0.05) is 18.4 Å². The number of anilines is 1. The van der Waals surface area contributed by atoms with E-state index in [0.29, 0.717) is 12.3 Å². The van der Waals surface area contributed by atoms with Crippen molar-refractivity contribution in [1.29, 1.82) is 0 Å². The average Bonchev–Trinajstić information content (AvgIpc) is 2.95. The summed E-state index contributed by atoms with van der Waals surface area (Å²) in [5.41, 5.74) is -1.57. The molecule has 0 fully saturated rings. The van der Waals surface area contributed by atoms with Crippen LogP contribution in [0.5, 0.6) is 0 Å². The molecule has 1 aromatic heterocycles. The Balaban J connectivity index is 2.70. The van der Waals surface area contributed by atoms with E-state index in [4.69, 9.17) is 0 Å². The van der Waals surface area contributed by atoms with Gasteiger partial charge in [-0.05, 0) is 36.7 Å². The van der Waals surface area contributed by atoms with Crippen LogP contribution in [0.2, 0.25) is 0 Å². The molecular weight excluding hydrogens is 387 g/mol. The van der Waals surface area contributed by atoms with Crippen LogP contribution in [0.15, 0.2) is 34.3 Å². The van der Waals surface area contributed by atoms with E-state index in [9.17, 15) is 26.4 Å². The molecule has 0 saturated carbocycles. The molecule has 11 heteroatoms. The molecule has 146 valence electrons. The van der Waals surface area contributed by atoms with Gasteiger partial charge >= 0.3 is 6.18 Å². The molecular formula is C16H16F3N3O4S. The quantitative estimate of drug-likeness (QED) is 0.713. The number of aryl methyl sites for hydroxylation is 1. The number of hydrogen-bond acceptors (Lipinski definition) is 6. The van der Waals surface area contributed by atoms with Crippen molar-refractivity contribution in [1.82, 2.24) is 10.3 Å². The average molecular weight is 403 g/mol. The van der Waals surface area contributed by atoms with E-state index in [0.717, 1.165) is 17.9 Å². The first-order chi connectivity index (χ1) is 12.4. The summed E-state index contributed by atoms with van der Waals surface area (Å²) in [6, 6.07) is 1.52. The monoisotopic (exact) mass is 403 g/mol. The zero-order valence-electron chi connectivity index (χ0n) is 14.7. The number of rotatable bonds is 5. The summed E-state index contributed by atoms with van der Waals surface area (Å²) in [5, 5.41) is 7.17. The van der Waals surface area contributed by atoms with Crippen molar-refractivity contribution in [3.63, 3.8) is 0 Å². The van der Waals surface area contributed by atoms with E-state index in [-0.39, 0.29) is 29.2 Å². The minimum atomic E-state index is -4.89. The Morgan fingerprint density at radius 2 is 1.93 bits per heavy atom. The van der Waals surface area contributed by atoms with Crippen LogP contribution in [0, 0.1) is 13.8 Å². The Bertz CT molecular complexity index is 997. The predicted molar refractivity (Wildman–Crippen MR) is 90.2 cm³/mol. The summed E-state index contributed by atoms with van der Waals surface area (Å²) in [6.07, 6.45) is -2.85. The molecule has 1 amide bonds. The fourth-order valence-electron chi connectivity index (χ4n) is 2.64. The van der Waals surface area contributed by atoms with Crippen molar-refractivity contribution in [2.24, 2.45) is 0 Å². The first kappa shape index (κ1) is 20.6. The van der Waals surface area contributed by atoms with Crippen molar-refractivity contribution in [3.05, 3.63) is 47.2 Å². The maximum atomic E-state index is 13.2. The Labute approximate surface area is 153 Å². The molecule has 7 nitrogen and oxygen atoms in total. The summed E-state index contributed by atoms with van der Waals surface area (Å²) < 4.78 is 68.3. The molecule has 0 N–H and O–H groups in total. The zero-order valence-corrected chi connectivity index (χ0v) is 15.5. The first-order valence-electron chi connectivity index (χ1n) is 7.52. The van der Waals surface area contributed by atoms with Crippen molar-refractivity contribution in [2.45, 2.75) is 24.9 Å². The van der Waals surface area contributed by atoms with Crippen LogP contribution in [0.1, 0.15) is 27.2 Å². The van der Waals surface area contributed by atoms with E-state index >= 15 is 0 Å². The maximum Gasteiger partial charge on any atom is 0.417 e. The van der Waals surface area contributed by atoms with Crippen LogP contribution in [0.4, 0.5) is 19.0 Å². The lowest BCUT2D eigenvalue weighted by Crippen LogP contribution is -2.33. The van der Waals surface area contributed by atoms with Crippen molar-refractivity contribution in [2.75, 3.05) is 17.7 Å². The van der Waals surface area contributed by atoms with Crippen LogP contribution >= 0.6 is 0 Å². The Kier molecular flexibility index (Phi) is 5.45. The molecule has 0 aliphatic rings. The molecule has 0 radical (unpaired) electrons. The highest BCUT2D eigenvalue weighted by Crippen LogP contribution is 2.37. The van der Waals surface area contributed by atoms with Gasteiger partial charge in [0.1, 0.15) is 5.69 Å². The lowest BCUT2D eigenvalue weighted by atomic mass is 10.0. The summed E-state index contributed by atoms with van der Waals surface area (Å²) in [5.74, 6) is -0.704. The van der Waals surface area contributed by atoms with Gasteiger partial charge in [0.15, 0.2) is 9.84 Å². The molecule has 0 saturated heterocycles. The second kappa shape index (κ2) is 7.14. The number of hydrogen-bond donors (Lipinski definition) is 0. The minimum absolute atomic E-state index is 0.0391. The summed E-state index contributed by atoms with van der Waals surface area (Å²) in [6.45, 7) is 6.16. The number of sulfone groups is 1. The van der Waals surface area contributed by atoms with Crippen LogP contribution in [-0.2, 0) is 16.0 Å². The lowest BCUT2D eigenvalue weighted by Gasteiger charge is -2.21. The van der Waals surface area contributed by atoms with Gasteiger partial charge in [-0.25, -0.2) is 13.0 Å². The molecule has 0 aliphatic heterocycles. The molecule has 27 heavy (non-hydrogen) atoms. The summed E-state index contributed by atoms with van der Waals surface area (Å²) >= 11 is 0. The highest BCUT2D eigenvalue weighted by atomic mass is 32.2. The fourth-order valence-corrected chi connectivity index (χ4v) is 3.89. The van der Waals surface area contributed by atoms with E-state index < -0.39 is 32.4 Å². The third-order valence-electron chi connectivity index (χ3n) is 3.75. The zero-order chi connectivity index (χ0) is 20.6. The molecule has 0 spiro atoms. The Hall–Kier alpha value is -2.69. The van der Waals surface area contributed by atoms with Crippen molar-refractivity contribution < 1.29 is 31.0 Å². The van der Waals surface area contributed by atoms with Gasteiger partial charge in [-0.15, -0.1) is 6.58 Å². The second-order valence-electron chi connectivity index (χ2n) is 5.76. The van der Waals surface area contributed by atoms with Crippen LogP contribution in [0.25, 0.3) is 0 Å². The second-order valence-corrected chi connectivity index (χ2v) is 7.71.